The smallest absolute Gasteiger partial charge is 0.419 e. The predicted molar refractivity (Wildman–Crippen MR) is 112 cm³/mol. The highest BCUT2D eigenvalue weighted by Gasteiger charge is 2.31. The van der Waals surface area contributed by atoms with E-state index in [0.29, 0.717) is 29.6 Å². The number of pyridine rings is 1. The monoisotopic (exact) mass is 466 g/mol. The van der Waals surface area contributed by atoms with Crippen LogP contribution in [0.5, 0.6) is 5.75 Å². The van der Waals surface area contributed by atoms with Gasteiger partial charge in [-0.1, -0.05) is 0 Å². The molecule has 0 radical (unpaired) electrons. The van der Waals surface area contributed by atoms with Crippen LogP contribution in [-0.2, 0) is 10.2 Å². The van der Waals surface area contributed by atoms with E-state index >= 15 is 0 Å². The summed E-state index contributed by atoms with van der Waals surface area (Å²) in [7, 11) is -2.70. The van der Waals surface area contributed by atoms with Gasteiger partial charge in [0.2, 0.25) is 0 Å². The topological polar surface area (TPSA) is 125 Å². The number of rotatable bonds is 5. The molecule has 1 saturated heterocycles. The first kappa shape index (κ1) is 22.0. The summed E-state index contributed by atoms with van der Waals surface area (Å²) in [6.45, 7) is 0.240. The van der Waals surface area contributed by atoms with Gasteiger partial charge in [-0.15, -0.1) is 0 Å². The van der Waals surface area contributed by atoms with E-state index in [2.05, 4.69) is 9.97 Å². The van der Waals surface area contributed by atoms with E-state index < -0.39 is 27.9 Å². The molecule has 3 aromatic rings. The second-order valence-corrected chi connectivity index (χ2v) is 9.07. The number of carbonyl (C=O) groups is 1. The van der Waals surface area contributed by atoms with Gasteiger partial charge >= 0.3 is 16.3 Å². The number of amides is 1. The molecule has 2 aromatic heterocycles. The SMILES string of the molecule is COc1ccc(F)cc1-c1c(F)cnc2[nH]c(C3CCN(S(=O)(=O)NC(=O)O)CC3)cc12. The number of aromatic nitrogens is 2. The lowest BCUT2D eigenvalue weighted by Gasteiger charge is -2.30. The lowest BCUT2D eigenvalue weighted by molar-refractivity contribution is 0.199. The molecule has 3 N–H and O–H groups in total. The van der Waals surface area contributed by atoms with Crippen LogP contribution >= 0.6 is 0 Å². The molecule has 1 fully saturated rings. The van der Waals surface area contributed by atoms with Crippen molar-refractivity contribution < 1.29 is 31.8 Å². The van der Waals surface area contributed by atoms with Crippen LogP contribution < -0.4 is 9.46 Å². The zero-order chi connectivity index (χ0) is 23.0. The van der Waals surface area contributed by atoms with Crippen LogP contribution in [0.15, 0.2) is 30.5 Å². The van der Waals surface area contributed by atoms with Crippen molar-refractivity contribution in [2.75, 3.05) is 20.2 Å². The fraction of sp³-hybridized carbons (Fsp3) is 0.300. The molecule has 1 aromatic carbocycles. The van der Waals surface area contributed by atoms with Crippen molar-refractivity contribution in [1.29, 1.82) is 0 Å². The molecule has 3 heterocycles. The summed E-state index contributed by atoms with van der Waals surface area (Å²) in [5.41, 5.74) is 1.55. The second-order valence-electron chi connectivity index (χ2n) is 7.40. The number of carboxylic acid groups (broad SMARTS) is 1. The molecular weight excluding hydrogens is 446 g/mol. The zero-order valence-electron chi connectivity index (χ0n) is 16.9. The molecule has 0 bridgehead atoms. The lowest BCUT2D eigenvalue weighted by Crippen LogP contribution is -2.46. The minimum absolute atomic E-state index is 0.0780. The van der Waals surface area contributed by atoms with Crippen LogP contribution in [0.4, 0.5) is 13.6 Å². The average Bonchev–Trinajstić information content (AvgIpc) is 3.17. The maximum atomic E-state index is 14.8. The van der Waals surface area contributed by atoms with Gasteiger partial charge in [0.25, 0.3) is 0 Å². The quantitative estimate of drug-likeness (QED) is 0.530. The Morgan fingerprint density at radius 3 is 2.66 bits per heavy atom. The van der Waals surface area contributed by atoms with Crippen LogP contribution in [0.3, 0.4) is 0 Å². The number of benzene rings is 1. The maximum absolute atomic E-state index is 14.8. The largest absolute Gasteiger partial charge is 0.496 e. The molecule has 32 heavy (non-hydrogen) atoms. The first-order chi connectivity index (χ1) is 15.2. The number of aromatic amines is 1. The van der Waals surface area contributed by atoms with Gasteiger partial charge in [0, 0.05) is 41.2 Å². The molecule has 0 atom stereocenters. The molecule has 0 unspecified atom stereocenters. The molecule has 0 saturated carbocycles. The van der Waals surface area contributed by atoms with Crippen molar-refractivity contribution in [2.24, 2.45) is 0 Å². The van der Waals surface area contributed by atoms with E-state index in [-0.39, 0.29) is 30.1 Å². The standard InChI is InChI=1S/C20H20F2N4O5S/c1-31-17-3-2-12(21)8-13(17)18-14-9-16(24-19(14)23-10-15(18)22)11-4-6-26(7-5-11)32(29,30)25-20(27)28/h2-3,8-11,25H,4-7H2,1H3,(H,23,24)(H,27,28). The summed E-state index contributed by atoms with van der Waals surface area (Å²) >= 11 is 0. The van der Waals surface area contributed by atoms with Gasteiger partial charge in [-0.05, 0) is 37.1 Å². The van der Waals surface area contributed by atoms with E-state index in [1.165, 1.54) is 30.0 Å². The normalized spacial score (nSPS) is 15.7. The van der Waals surface area contributed by atoms with E-state index in [1.807, 2.05) is 0 Å². The van der Waals surface area contributed by atoms with Gasteiger partial charge in [-0.2, -0.15) is 12.7 Å². The highest BCUT2D eigenvalue weighted by Crippen LogP contribution is 2.39. The summed E-state index contributed by atoms with van der Waals surface area (Å²) < 4.78 is 60.7. The highest BCUT2D eigenvalue weighted by atomic mass is 32.2. The third-order valence-electron chi connectivity index (χ3n) is 5.51. The van der Waals surface area contributed by atoms with E-state index in [1.54, 1.807) is 6.07 Å². The number of halogens is 2. The summed E-state index contributed by atoms with van der Waals surface area (Å²) in [5, 5.41) is 9.15. The molecule has 0 aliphatic carbocycles. The molecule has 1 aliphatic heterocycles. The molecule has 170 valence electrons. The fourth-order valence-corrected chi connectivity index (χ4v) is 5.06. The van der Waals surface area contributed by atoms with Crippen molar-refractivity contribution in [1.82, 2.24) is 19.0 Å². The number of H-pyrrole nitrogens is 1. The van der Waals surface area contributed by atoms with E-state index in [0.717, 1.165) is 16.2 Å². The van der Waals surface area contributed by atoms with Crippen LogP contribution in [0, 0.1) is 11.6 Å². The summed E-state index contributed by atoms with van der Waals surface area (Å²) in [4.78, 5) is 17.9. The van der Waals surface area contributed by atoms with Crippen molar-refractivity contribution >= 4 is 27.3 Å². The number of nitrogens with one attached hydrogen (secondary N) is 2. The Labute approximate surface area is 182 Å². The van der Waals surface area contributed by atoms with Gasteiger partial charge in [0.05, 0.1) is 13.3 Å². The van der Waals surface area contributed by atoms with Crippen LogP contribution in [0.25, 0.3) is 22.2 Å². The molecule has 1 aliphatic rings. The number of nitrogens with zero attached hydrogens (tertiary/aromatic N) is 2. The molecule has 12 heteroatoms. The fourth-order valence-electron chi connectivity index (χ4n) is 4.02. The zero-order valence-corrected chi connectivity index (χ0v) is 17.7. The Hall–Kier alpha value is -3.25. The van der Waals surface area contributed by atoms with E-state index in [4.69, 9.17) is 9.84 Å². The van der Waals surface area contributed by atoms with Crippen LogP contribution in [-0.4, -0.2) is 54.1 Å². The van der Waals surface area contributed by atoms with Gasteiger partial charge in [-0.25, -0.2) is 23.3 Å². The molecule has 1 amide bonds. The summed E-state index contributed by atoms with van der Waals surface area (Å²) in [6, 6.07) is 5.57. The average molecular weight is 466 g/mol. The van der Waals surface area contributed by atoms with Gasteiger partial charge < -0.3 is 14.8 Å². The second kappa shape index (κ2) is 8.36. The third-order valence-corrected chi connectivity index (χ3v) is 6.99. The number of hydrogen-bond donors (Lipinski definition) is 3. The number of ether oxygens (including phenoxy) is 1. The Morgan fingerprint density at radius 2 is 2.00 bits per heavy atom. The molecular formula is C20H20F2N4O5S. The van der Waals surface area contributed by atoms with Crippen molar-refractivity contribution in [3.63, 3.8) is 0 Å². The van der Waals surface area contributed by atoms with Crippen molar-refractivity contribution in [2.45, 2.75) is 18.8 Å². The predicted octanol–water partition coefficient (Wildman–Crippen LogP) is 3.21. The maximum Gasteiger partial charge on any atom is 0.419 e. The Balaban J connectivity index is 1.66. The number of piperidine rings is 1. The van der Waals surface area contributed by atoms with Crippen LogP contribution in [0.1, 0.15) is 24.5 Å². The Kier molecular flexibility index (Phi) is 5.73. The van der Waals surface area contributed by atoms with Gasteiger partial charge in [-0.3, -0.25) is 0 Å². The first-order valence-electron chi connectivity index (χ1n) is 9.71. The molecule has 0 spiro atoms. The Bertz CT molecular complexity index is 1290. The molecule has 4 rings (SSSR count). The third kappa shape index (κ3) is 4.10. The minimum Gasteiger partial charge on any atom is -0.496 e. The highest BCUT2D eigenvalue weighted by molar-refractivity contribution is 7.87. The Morgan fingerprint density at radius 1 is 1.28 bits per heavy atom. The number of methoxy groups -OCH3 is 1. The first-order valence-corrected chi connectivity index (χ1v) is 11.2. The lowest BCUT2D eigenvalue weighted by atomic mass is 9.94. The van der Waals surface area contributed by atoms with Crippen LogP contribution in [0.2, 0.25) is 0 Å². The van der Waals surface area contributed by atoms with Crippen molar-refractivity contribution in [3.8, 4) is 16.9 Å². The van der Waals surface area contributed by atoms with Crippen molar-refractivity contribution in [3.05, 3.63) is 47.8 Å². The number of fused-ring (bicyclic) bond motifs is 1. The number of hydrogen-bond acceptors (Lipinski definition) is 5. The van der Waals surface area contributed by atoms with Gasteiger partial charge in [0.1, 0.15) is 23.0 Å². The van der Waals surface area contributed by atoms with E-state index in [9.17, 15) is 22.0 Å². The van der Waals surface area contributed by atoms with Gasteiger partial charge in [0.15, 0.2) is 0 Å². The summed E-state index contributed by atoms with van der Waals surface area (Å²) in [5.74, 6) is -0.937. The minimum atomic E-state index is -4.11. The summed E-state index contributed by atoms with van der Waals surface area (Å²) in [6.07, 6.45) is 0.258. The molecule has 9 nitrogen and oxygen atoms in total.